The highest BCUT2D eigenvalue weighted by atomic mass is 79.9. The Morgan fingerprint density at radius 2 is 2.00 bits per heavy atom. The van der Waals surface area contributed by atoms with Crippen molar-refractivity contribution in [3.63, 3.8) is 0 Å². The van der Waals surface area contributed by atoms with Gasteiger partial charge < -0.3 is 9.15 Å². The summed E-state index contributed by atoms with van der Waals surface area (Å²) >= 11 is 9.54. The highest BCUT2D eigenvalue weighted by molar-refractivity contribution is 9.09. The minimum atomic E-state index is 0.155. The van der Waals surface area contributed by atoms with Crippen LogP contribution >= 0.6 is 27.5 Å². The zero-order chi connectivity index (χ0) is 12.3. The van der Waals surface area contributed by atoms with Crippen LogP contribution in [-0.4, -0.2) is 7.11 Å². The van der Waals surface area contributed by atoms with Gasteiger partial charge in [0.2, 0.25) is 0 Å². The molecule has 0 radical (unpaired) electrons. The van der Waals surface area contributed by atoms with Gasteiger partial charge in [0, 0.05) is 10.4 Å². The average molecular weight is 316 g/mol. The molecule has 2 nitrogen and oxygen atoms in total. The Kier molecular flexibility index (Phi) is 4.13. The number of furan rings is 1. The number of benzene rings is 1. The number of methoxy groups -OCH3 is 1. The van der Waals surface area contributed by atoms with E-state index in [-0.39, 0.29) is 4.83 Å². The molecule has 0 bridgehead atoms. The zero-order valence-corrected chi connectivity index (χ0v) is 11.7. The Hall–Kier alpha value is -0.930. The molecule has 1 atom stereocenters. The van der Waals surface area contributed by atoms with Gasteiger partial charge in [-0.15, -0.1) is 0 Å². The van der Waals surface area contributed by atoms with Crippen LogP contribution in [0.15, 0.2) is 41.0 Å². The summed E-state index contributed by atoms with van der Waals surface area (Å²) in [6.07, 6.45) is 2.45. The molecule has 2 rings (SSSR count). The lowest BCUT2D eigenvalue weighted by Gasteiger charge is -2.08. The molecule has 0 spiro atoms. The second-order valence-corrected chi connectivity index (χ2v) is 5.12. The quantitative estimate of drug-likeness (QED) is 0.768. The minimum absolute atomic E-state index is 0.155. The van der Waals surface area contributed by atoms with E-state index in [0.717, 1.165) is 17.7 Å². The molecule has 0 aliphatic rings. The van der Waals surface area contributed by atoms with Gasteiger partial charge in [-0.3, -0.25) is 0 Å². The molecule has 0 fully saturated rings. The molecule has 1 unspecified atom stereocenters. The molecule has 0 saturated carbocycles. The third-order valence-corrected chi connectivity index (χ3v) is 3.68. The molecular weight excluding hydrogens is 303 g/mol. The lowest BCUT2D eigenvalue weighted by Crippen LogP contribution is -1.94. The summed E-state index contributed by atoms with van der Waals surface area (Å²) in [5.74, 6) is 0.862. The van der Waals surface area contributed by atoms with Crippen LogP contribution in [0.3, 0.4) is 0 Å². The van der Waals surface area contributed by atoms with Gasteiger partial charge in [-0.1, -0.05) is 28.1 Å². The summed E-state index contributed by atoms with van der Waals surface area (Å²) in [5.41, 5.74) is 2.19. The Morgan fingerprint density at radius 1 is 1.29 bits per heavy atom. The van der Waals surface area contributed by atoms with Crippen LogP contribution in [0, 0.1) is 0 Å². The maximum atomic E-state index is 5.93. The minimum Gasteiger partial charge on any atom is -0.497 e. The monoisotopic (exact) mass is 314 g/mol. The fourth-order valence-corrected chi connectivity index (χ4v) is 2.72. The van der Waals surface area contributed by atoms with Gasteiger partial charge in [0.25, 0.3) is 0 Å². The Bertz CT molecular complexity index is 478. The summed E-state index contributed by atoms with van der Waals surface area (Å²) in [4.78, 5) is 0.155. The molecule has 0 amide bonds. The maximum Gasteiger partial charge on any atom is 0.197 e. The number of hydrogen-bond acceptors (Lipinski definition) is 2. The summed E-state index contributed by atoms with van der Waals surface area (Å²) in [6.45, 7) is 0. The molecule has 0 aliphatic heterocycles. The van der Waals surface area contributed by atoms with Crippen LogP contribution < -0.4 is 4.74 Å². The van der Waals surface area contributed by atoms with E-state index in [4.69, 9.17) is 20.8 Å². The smallest absolute Gasteiger partial charge is 0.197 e. The van der Waals surface area contributed by atoms with Crippen LogP contribution in [0.25, 0.3) is 0 Å². The lowest BCUT2D eigenvalue weighted by molar-refractivity contribution is 0.414. The van der Waals surface area contributed by atoms with Crippen molar-refractivity contribution in [2.24, 2.45) is 0 Å². The summed E-state index contributed by atoms with van der Waals surface area (Å²) in [6, 6.07) is 9.87. The van der Waals surface area contributed by atoms with Gasteiger partial charge in [0.1, 0.15) is 5.75 Å². The highest BCUT2D eigenvalue weighted by Crippen LogP contribution is 2.33. The molecule has 2 aromatic rings. The topological polar surface area (TPSA) is 22.4 Å². The van der Waals surface area contributed by atoms with E-state index in [1.165, 1.54) is 5.56 Å². The molecule has 0 saturated heterocycles. The SMILES string of the molecule is COc1ccc(CC(Br)c2ccoc2Cl)cc1. The highest BCUT2D eigenvalue weighted by Gasteiger charge is 2.14. The molecule has 4 heteroatoms. The third-order valence-electron chi connectivity index (χ3n) is 2.56. The van der Waals surface area contributed by atoms with Crippen molar-refractivity contribution in [1.82, 2.24) is 0 Å². The fraction of sp³-hybridized carbons (Fsp3) is 0.231. The Labute approximate surface area is 114 Å². The maximum absolute atomic E-state index is 5.93. The lowest BCUT2D eigenvalue weighted by atomic mass is 10.1. The van der Waals surface area contributed by atoms with Crippen molar-refractivity contribution in [1.29, 1.82) is 0 Å². The van der Waals surface area contributed by atoms with Crippen molar-refractivity contribution in [2.75, 3.05) is 7.11 Å². The fourth-order valence-electron chi connectivity index (χ4n) is 1.61. The van der Waals surface area contributed by atoms with Gasteiger partial charge in [-0.2, -0.15) is 0 Å². The first-order valence-corrected chi connectivity index (χ1v) is 6.50. The normalized spacial score (nSPS) is 12.4. The summed E-state index contributed by atoms with van der Waals surface area (Å²) in [7, 11) is 1.66. The second kappa shape index (κ2) is 5.61. The molecule has 17 heavy (non-hydrogen) atoms. The predicted molar refractivity (Wildman–Crippen MR) is 72.1 cm³/mol. The summed E-state index contributed by atoms with van der Waals surface area (Å²) in [5, 5.41) is 0.445. The molecular formula is C13H12BrClO2. The third kappa shape index (κ3) is 3.05. The molecule has 0 N–H and O–H groups in total. The van der Waals surface area contributed by atoms with Crippen molar-refractivity contribution in [3.05, 3.63) is 52.9 Å². The Morgan fingerprint density at radius 3 is 2.53 bits per heavy atom. The van der Waals surface area contributed by atoms with E-state index in [1.807, 2.05) is 30.3 Å². The first-order valence-electron chi connectivity index (χ1n) is 5.20. The van der Waals surface area contributed by atoms with Crippen molar-refractivity contribution in [2.45, 2.75) is 11.2 Å². The standard InChI is InChI=1S/C13H12BrClO2/c1-16-10-4-2-9(3-5-10)8-12(14)11-6-7-17-13(11)15/h2-7,12H,8H2,1H3. The van der Waals surface area contributed by atoms with E-state index < -0.39 is 0 Å². The van der Waals surface area contributed by atoms with Crippen LogP contribution in [-0.2, 0) is 6.42 Å². The first-order chi connectivity index (χ1) is 8.20. The van der Waals surface area contributed by atoms with Crippen molar-refractivity contribution in [3.8, 4) is 5.75 Å². The van der Waals surface area contributed by atoms with Crippen LogP contribution in [0.2, 0.25) is 5.22 Å². The van der Waals surface area contributed by atoms with E-state index in [1.54, 1.807) is 13.4 Å². The molecule has 0 aliphatic carbocycles. The van der Waals surface area contributed by atoms with Crippen LogP contribution in [0.1, 0.15) is 16.0 Å². The number of rotatable bonds is 4. The van der Waals surface area contributed by atoms with Crippen LogP contribution in [0.5, 0.6) is 5.75 Å². The van der Waals surface area contributed by atoms with Gasteiger partial charge in [-0.05, 0) is 41.8 Å². The largest absolute Gasteiger partial charge is 0.497 e. The number of alkyl halides is 1. The number of hydrogen-bond donors (Lipinski definition) is 0. The predicted octanol–water partition coefficient (Wildman–Crippen LogP) is 4.62. The molecule has 1 aromatic carbocycles. The second-order valence-electron chi connectivity index (χ2n) is 3.67. The Balaban J connectivity index is 2.07. The van der Waals surface area contributed by atoms with Gasteiger partial charge in [0.05, 0.1) is 13.4 Å². The van der Waals surface area contributed by atoms with E-state index in [0.29, 0.717) is 5.22 Å². The molecule has 1 heterocycles. The zero-order valence-electron chi connectivity index (χ0n) is 9.32. The van der Waals surface area contributed by atoms with E-state index in [2.05, 4.69) is 15.9 Å². The van der Waals surface area contributed by atoms with E-state index in [9.17, 15) is 0 Å². The van der Waals surface area contributed by atoms with Crippen LogP contribution in [0.4, 0.5) is 0 Å². The van der Waals surface area contributed by atoms with Gasteiger partial charge in [0.15, 0.2) is 5.22 Å². The van der Waals surface area contributed by atoms with Gasteiger partial charge in [-0.25, -0.2) is 0 Å². The molecule has 90 valence electrons. The van der Waals surface area contributed by atoms with E-state index >= 15 is 0 Å². The van der Waals surface area contributed by atoms with Gasteiger partial charge >= 0.3 is 0 Å². The average Bonchev–Trinajstić information content (AvgIpc) is 2.76. The number of ether oxygens (including phenoxy) is 1. The first kappa shape index (κ1) is 12.5. The molecule has 1 aromatic heterocycles. The number of halogens is 2. The van der Waals surface area contributed by atoms with Crippen molar-refractivity contribution < 1.29 is 9.15 Å². The van der Waals surface area contributed by atoms with Crippen molar-refractivity contribution >= 4 is 27.5 Å². The summed E-state index contributed by atoms with van der Waals surface area (Å²) < 4.78 is 10.2.